The second-order valence-corrected chi connectivity index (χ2v) is 10.5. The van der Waals surface area contributed by atoms with Crippen LogP contribution in [0.4, 0.5) is 17.6 Å². The summed E-state index contributed by atoms with van der Waals surface area (Å²) in [6.45, 7) is 3.56. The van der Waals surface area contributed by atoms with Crippen LogP contribution >= 0.6 is 0 Å². The van der Waals surface area contributed by atoms with Crippen molar-refractivity contribution in [2.75, 3.05) is 39.5 Å². The molecule has 0 amide bonds. The van der Waals surface area contributed by atoms with Crippen molar-refractivity contribution in [1.29, 1.82) is 0 Å². The van der Waals surface area contributed by atoms with Crippen LogP contribution in [0.5, 0.6) is 5.75 Å². The highest BCUT2D eigenvalue weighted by molar-refractivity contribution is 5.85. The summed E-state index contributed by atoms with van der Waals surface area (Å²) in [6, 6.07) is 9.36. The Bertz CT molecular complexity index is 1230. The van der Waals surface area contributed by atoms with Gasteiger partial charge in [-0.15, -0.1) is 0 Å². The average Bonchev–Trinajstić information content (AvgIpc) is 3.30. The first-order valence-corrected chi connectivity index (χ1v) is 12.3. The third kappa shape index (κ3) is 4.00. The standard InChI is InChI=1S/C27H29F4N3O/c1-27(31)11-17-8-20-19-4-2-3-5-23(19)32-25(20)26(34(17)15-27)24-21(29)9-18(10-22(24)30)35-7-6-33-13-16(12-28)14-33/h2-5,9-10,16-17,26,32H,6-8,11-15H2,1H3/t17-,26-,27?/m1/s1. The normalized spacial score (nSPS) is 27.1. The lowest BCUT2D eigenvalue weighted by molar-refractivity contribution is 0.0667. The molecule has 0 radical (unpaired) electrons. The van der Waals surface area contributed by atoms with Crippen molar-refractivity contribution in [1.82, 2.24) is 14.8 Å². The van der Waals surface area contributed by atoms with E-state index in [-0.39, 0.29) is 43.1 Å². The van der Waals surface area contributed by atoms with Gasteiger partial charge < -0.3 is 9.72 Å². The number of ether oxygens (including phenoxy) is 1. The molecule has 2 saturated heterocycles. The maximum atomic E-state index is 15.5. The van der Waals surface area contributed by atoms with E-state index in [9.17, 15) is 4.39 Å². The van der Waals surface area contributed by atoms with Gasteiger partial charge in [0, 0.05) is 72.4 Å². The number of para-hydroxylation sites is 1. The van der Waals surface area contributed by atoms with Crippen molar-refractivity contribution in [2.24, 2.45) is 5.92 Å². The second kappa shape index (κ2) is 8.52. The van der Waals surface area contributed by atoms with Crippen molar-refractivity contribution in [3.8, 4) is 5.75 Å². The molecule has 2 aromatic carbocycles. The Morgan fingerprint density at radius 2 is 1.89 bits per heavy atom. The van der Waals surface area contributed by atoms with Gasteiger partial charge in [-0.3, -0.25) is 14.2 Å². The number of nitrogens with zero attached hydrogens (tertiary/aromatic N) is 2. The first-order chi connectivity index (χ1) is 16.8. The Hall–Kier alpha value is -2.58. The topological polar surface area (TPSA) is 31.5 Å². The van der Waals surface area contributed by atoms with Crippen LogP contribution in [-0.2, 0) is 6.42 Å². The molecule has 4 heterocycles. The minimum absolute atomic E-state index is 0.0785. The number of aromatic amines is 1. The summed E-state index contributed by atoms with van der Waals surface area (Å²) in [5.74, 6) is -1.21. The first-order valence-electron chi connectivity index (χ1n) is 12.3. The highest BCUT2D eigenvalue weighted by Gasteiger charge is 2.49. The monoisotopic (exact) mass is 487 g/mol. The Labute approximate surface area is 201 Å². The molecule has 0 bridgehead atoms. The number of halogens is 4. The molecule has 1 unspecified atom stereocenters. The van der Waals surface area contributed by atoms with E-state index < -0.39 is 23.3 Å². The molecule has 2 fully saturated rings. The van der Waals surface area contributed by atoms with E-state index in [0.717, 1.165) is 22.2 Å². The van der Waals surface area contributed by atoms with Gasteiger partial charge in [0.2, 0.25) is 0 Å². The van der Waals surface area contributed by atoms with Gasteiger partial charge in [-0.25, -0.2) is 13.2 Å². The van der Waals surface area contributed by atoms with E-state index in [1.165, 1.54) is 12.1 Å². The molecule has 3 atom stereocenters. The fourth-order valence-electron chi connectivity index (χ4n) is 6.22. The van der Waals surface area contributed by atoms with Crippen LogP contribution in [0.1, 0.15) is 36.2 Å². The lowest BCUT2D eigenvalue weighted by atomic mass is 9.88. The number of rotatable bonds is 6. The van der Waals surface area contributed by atoms with E-state index in [1.54, 1.807) is 6.92 Å². The Balaban J connectivity index is 1.31. The van der Waals surface area contributed by atoms with Gasteiger partial charge in [0.1, 0.15) is 29.7 Å². The molecule has 3 aliphatic heterocycles. The minimum atomic E-state index is -1.42. The number of hydrogen-bond acceptors (Lipinski definition) is 3. The zero-order valence-electron chi connectivity index (χ0n) is 19.7. The van der Waals surface area contributed by atoms with Crippen molar-refractivity contribution in [3.63, 3.8) is 0 Å². The summed E-state index contributed by atoms with van der Waals surface area (Å²) in [6.07, 6.45) is 0.964. The summed E-state index contributed by atoms with van der Waals surface area (Å²) in [5, 5.41) is 1.02. The number of nitrogens with one attached hydrogen (secondary N) is 1. The molecule has 35 heavy (non-hydrogen) atoms. The molecule has 1 N–H and O–H groups in total. The van der Waals surface area contributed by atoms with E-state index in [2.05, 4.69) is 4.98 Å². The molecule has 186 valence electrons. The van der Waals surface area contributed by atoms with Crippen LogP contribution in [0.25, 0.3) is 10.9 Å². The third-order valence-electron chi connectivity index (χ3n) is 7.79. The number of hydrogen-bond donors (Lipinski definition) is 1. The number of aromatic nitrogens is 1. The van der Waals surface area contributed by atoms with E-state index in [4.69, 9.17) is 4.74 Å². The quantitative estimate of drug-likeness (QED) is 0.487. The Kier molecular flexibility index (Phi) is 5.56. The van der Waals surface area contributed by atoms with Crippen LogP contribution in [0, 0.1) is 17.6 Å². The molecular formula is C27H29F4N3O. The van der Waals surface area contributed by atoms with Crippen molar-refractivity contribution < 1.29 is 22.3 Å². The zero-order chi connectivity index (χ0) is 24.3. The number of fused-ring (bicyclic) bond motifs is 4. The maximum Gasteiger partial charge on any atom is 0.135 e. The highest BCUT2D eigenvalue weighted by atomic mass is 19.1. The lowest BCUT2D eigenvalue weighted by Crippen LogP contribution is -2.49. The summed E-state index contributed by atoms with van der Waals surface area (Å²) >= 11 is 0. The molecule has 4 nitrogen and oxygen atoms in total. The van der Waals surface area contributed by atoms with E-state index in [0.29, 0.717) is 32.5 Å². The Morgan fingerprint density at radius 3 is 2.63 bits per heavy atom. The SMILES string of the molecule is CC1(F)C[C@H]2Cc3c([nH]c4ccccc34)[C@@H](c3c(F)cc(OCCN4CC(CF)C4)cc3F)N2C1. The van der Waals surface area contributed by atoms with Gasteiger partial charge in [0.25, 0.3) is 0 Å². The largest absolute Gasteiger partial charge is 0.492 e. The van der Waals surface area contributed by atoms with Gasteiger partial charge in [-0.2, -0.15) is 0 Å². The fourth-order valence-corrected chi connectivity index (χ4v) is 6.22. The van der Waals surface area contributed by atoms with Crippen molar-refractivity contribution in [3.05, 3.63) is 64.9 Å². The Morgan fingerprint density at radius 1 is 1.14 bits per heavy atom. The number of likely N-dealkylation sites (tertiary alicyclic amines) is 1. The summed E-state index contributed by atoms with van der Waals surface area (Å²) < 4.78 is 64.4. The van der Waals surface area contributed by atoms with Gasteiger partial charge >= 0.3 is 0 Å². The predicted molar refractivity (Wildman–Crippen MR) is 126 cm³/mol. The summed E-state index contributed by atoms with van der Waals surface area (Å²) in [7, 11) is 0. The van der Waals surface area contributed by atoms with Crippen molar-refractivity contribution >= 4 is 10.9 Å². The third-order valence-corrected chi connectivity index (χ3v) is 7.79. The van der Waals surface area contributed by atoms with Crippen molar-refractivity contribution in [2.45, 2.75) is 37.5 Å². The van der Waals surface area contributed by atoms with Gasteiger partial charge in [0.05, 0.1) is 12.7 Å². The predicted octanol–water partition coefficient (Wildman–Crippen LogP) is 5.17. The molecule has 3 aliphatic rings. The highest BCUT2D eigenvalue weighted by Crippen LogP contribution is 2.48. The molecule has 8 heteroatoms. The second-order valence-electron chi connectivity index (χ2n) is 10.5. The number of benzene rings is 2. The van der Waals surface area contributed by atoms with Crippen LogP contribution < -0.4 is 4.74 Å². The lowest BCUT2D eigenvalue weighted by Gasteiger charge is -2.38. The van der Waals surface area contributed by atoms with Crippen LogP contribution in [-0.4, -0.2) is 66.0 Å². The summed E-state index contributed by atoms with van der Waals surface area (Å²) in [5.41, 5.74) is 1.14. The van der Waals surface area contributed by atoms with Crippen LogP contribution in [0.15, 0.2) is 36.4 Å². The molecule has 0 saturated carbocycles. The minimum Gasteiger partial charge on any atom is -0.492 e. The molecule has 0 aliphatic carbocycles. The maximum absolute atomic E-state index is 15.5. The first kappa shape index (κ1) is 22.9. The molecule has 0 spiro atoms. The number of H-pyrrole nitrogens is 1. The average molecular weight is 488 g/mol. The van der Waals surface area contributed by atoms with Gasteiger partial charge in [-0.05, 0) is 31.4 Å². The van der Waals surface area contributed by atoms with Gasteiger partial charge in [-0.1, -0.05) is 18.2 Å². The zero-order valence-corrected chi connectivity index (χ0v) is 19.7. The van der Waals surface area contributed by atoms with Crippen LogP contribution in [0.2, 0.25) is 0 Å². The van der Waals surface area contributed by atoms with Gasteiger partial charge in [0.15, 0.2) is 0 Å². The molecule has 3 aromatic rings. The van der Waals surface area contributed by atoms with Crippen LogP contribution in [0.3, 0.4) is 0 Å². The van der Waals surface area contributed by atoms with E-state index in [1.807, 2.05) is 34.1 Å². The molecule has 6 rings (SSSR count). The van der Waals surface area contributed by atoms with E-state index >= 15 is 13.2 Å². The smallest absolute Gasteiger partial charge is 0.135 e. The summed E-state index contributed by atoms with van der Waals surface area (Å²) in [4.78, 5) is 7.34. The number of alkyl halides is 2. The fraction of sp³-hybridized carbons (Fsp3) is 0.481. The molecular weight excluding hydrogens is 458 g/mol. The molecule has 1 aromatic heterocycles.